The third kappa shape index (κ3) is 3.86. The van der Waals surface area contributed by atoms with E-state index in [1.165, 1.54) is 11.3 Å². The van der Waals surface area contributed by atoms with E-state index in [4.69, 9.17) is 4.74 Å². The first kappa shape index (κ1) is 19.1. The van der Waals surface area contributed by atoms with Gasteiger partial charge < -0.3 is 9.64 Å². The van der Waals surface area contributed by atoms with Crippen LogP contribution in [0, 0.1) is 6.92 Å². The van der Waals surface area contributed by atoms with E-state index in [0.29, 0.717) is 36.8 Å². The number of carbonyl (C=O) groups is 2. The number of ether oxygens (including phenoxy) is 1. The van der Waals surface area contributed by atoms with Crippen LogP contribution in [0.3, 0.4) is 0 Å². The van der Waals surface area contributed by atoms with Gasteiger partial charge in [0.1, 0.15) is 0 Å². The molecule has 0 aliphatic carbocycles. The summed E-state index contributed by atoms with van der Waals surface area (Å²) in [6.45, 7) is 4.99. The van der Waals surface area contributed by atoms with E-state index in [9.17, 15) is 9.59 Å². The Bertz CT molecular complexity index is 1040. The number of benzene rings is 1. The zero-order valence-electron chi connectivity index (χ0n) is 16.2. The minimum Gasteiger partial charge on any atom is -0.450 e. The quantitative estimate of drug-likeness (QED) is 0.711. The van der Waals surface area contributed by atoms with Crippen LogP contribution in [0.2, 0.25) is 0 Å². The molecular formula is C20H21N5O3S. The van der Waals surface area contributed by atoms with Gasteiger partial charge in [-0.3, -0.25) is 10.1 Å². The highest BCUT2D eigenvalue weighted by molar-refractivity contribution is 7.15. The molecule has 0 radical (unpaired) electrons. The topological polar surface area (TPSA) is 89.3 Å². The SMILES string of the molecule is CCOC(=O)Nc1nc2c(s1)CN(C(=O)c1cnn(-c3ccccc3)c1C)CC2. The lowest BCUT2D eigenvalue weighted by Gasteiger charge is -2.26. The van der Waals surface area contributed by atoms with Crippen molar-refractivity contribution in [2.24, 2.45) is 0 Å². The van der Waals surface area contributed by atoms with Gasteiger partial charge in [0, 0.05) is 17.8 Å². The Morgan fingerprint density at radius 2 is 2.07 bits per heavy atom. The van der Waals surface area contributed by atoms with Crippen LogP contribution in [-0.4, -0.2) is 44.8 Å². The molecule has 1 aliphatic rings. The number of rotatable bonds is 4. The van der Waals surface area contributed by atoms with E-state index in [2.05, 4.69) is 15.4 Å². The van der Waals surface area contributed by atoms with Gasteiger partial charge in [-0.1, -0.05) is 29.5 Å². The third-order valence-electron chi connectivity index (χ3n) is 4.74. The molecule has 0 fully saturated rings. The molecule has 3 aromatic rings. The van der Waals surface area contributed by atoms with E-state index in [-0.39, 0.29) is 5.91 Å². The predicted molar refractivity (Wildman–Crippen MR) is 110 cm³/mol. The van der Waals surface area contributed by atoms with Crippen LogP contribution in [0.15, 0.2) is 36.5 Å². The molecule has 150 valence electrons. The third-order valence-corrected chi connectivity index (χ3v) is 5.74. The first-order valence-corrected chi connectivity index (χ1v) is 10.2. The number of carbonyl (C=O) groups excluding carboxylic acids is 2. The van der Waals surface area contributed by atoms with Crippen molar-refractivity contribution in [1.82, 2.24) is 19.7 Å². The summed E-state index contributed by atoms with van der Waals surface area (Å²) in [7, 11) is 0. The van der Waals surface area contributed by atoms with Crippen LogP contribution in [0.5, 0.6) is 0 Å². The lowest BCUT2D eigenvalue weighted by atomic mass is 10.1. The van der Waals surface area contributed by atoms with E-state index >= 15 is 0 Å². The van der Waals surface area contributed by atoms with Crippen molar-refractivity contribution in [3.63, 3.8) is 0 Å². The van der Waals surface area contributed by atoms with Crippen molar-refractivity contribution in [1.29, 1.82) is 0 Å². The summed E-state index contributed by atoms with van der Waals surface area (Å²) in [5, 5.41) is 7.53. The van der Waals surface area contributed by atoms with Gasteiger partial charge >= 0.3 is 6.09 Å². The van der Waals surface area contributed by atoms with Crippen LogP contribution >= 0.6 is 11.3 Å². The summed E-state index contributed by atoms with van der Waals surface area (Å²) >= 11 is 1.37. The maximum absolute atomic E-state index is 13.1. The maximum Gasteiger partial charge on any atom is 0.413 e. The number of thiazole rings is 1. The Morgan fingerprint density at radius 3 is 2.83 bits per heavy atom. The highest BCUT2D eigenvalue weighted by atomic mass is 32.1. The standard InChI is InChI=1S/C20H21N5O3S/c1-3-28-20(27)23-19-22-16-9-10-24(12-17(16)29-19)18(26)15-11-21-25(13(15)2)14-7-5-4-6-8-14/h4-8,11H,3,9-10,12H2,1-2H3,(H,22,23,27). The molecule has 0 bridgehead atoms. The van der Waals surface area contributed by atoms with Crippen molar-refractivity contribution < 1.29 is 14.3 Å². The Labute approximate surface area is 172 Å². The van der Waals surface area contributed by atoms with Crippen LogP contribution in [0.25, 0.3) is 5.69 Å². The molecule has 1 aliphatic heterocycles. The van der Waals surface area contributed by atoms with E-state index in [1.807, 2.05) is 37.3 Å². The summed E-state index contributed by atoms with van der Waals surface area (Å²) in [4.78, 5) is 31.9. The van der Waals surface area contributed by atoms with E-state index in [1.54, 1.807) is 22.7 Å². The van der Waals surface area contributed by atoms with Crippen molar-refractivity contribution >= 4 is 28.5 Å². The first-order chi connectivity index (χ1) is 14.1. The van der Waals surface area contributed by atoms with Gasteiger partial charge in [-0.15, -0.1) is 0 Å². The van der Waals surface area contributed by atoms with Gasteiger partial charge in [0.25, 0.3) is 5.91 Å². The van der Waals surface area contributed by atoms with Gasteiger partial charge in [0.2, 0.25) is 0 Å². The number of nitrogens with zero attached hydrogens (tertiary/aromatic N) is 4. The normalized spacial score (nSPS) is 13.1. The van der Waals surface area contributed by atoms with Crippen LogP contribution in [0.1, 0.15) is 33.5 Å². The molecule has 0 unspecified atom stereocenters. The molecule has 1 aromatic carbocycles. The molecule has 29 heavy (non-hydrogen) atoms. The number of nitrogens with one attached hydrogen (secondary N) is 1. The molecular weight excluding hydrogens is 390 g/mol. The average molecular weight is 411 g/mol. The van der Waals surface area contributed by atoms with Gasteiger partial charge in [-0.25, -0.2) is 14.5 Å². The average Bonchev–Trinajstić information content (AvgIpc) is 3.30. The fraction of sp³-hybridized carbons (Fsp3) is 0.300. The number of anilines is 1. The number of para-hydroxylation sites is 1. The lowest BCUT2D eigenvalue weighted by molar-refractivity contribution is 0.0735. The second kappa shape index (κ2) is 8.04. The zero-order valence-corrected chi connectivity index (χ0v) is 17.0. The molecule has 9 heteroatoms. The largest absolute Gasteiger partial charge is 0.450 e. The molecule has 0 saturated carbocycles. The number of aromatic nitrogens is 3. The van der Waals surface area contributed by atoms with Crippen molar-refractivity contribution in [2.75, 3.05) is 18.5 Å². The Kier molecular flexibility index (Phi) is 5.30. The Morgan fingerprint density at radius 1 is 1.28 bits per heavy atom. The number of amides is 2. The molecule has 8 nitrogen and oxygen atoms in total. The summed E-state index contributed by atoms with van der Waals surface area (Å²) in [5.74, 6) is -0.0522. The lowest BCUT2D eigenvalue weighted by Crippen LogP contribution is -2.35. The van der Waals surface area contributed by atoms with Gasteiger partial charge in [-0.05, 0) is 26.0 Å². The highest BCUT2D eigenvalue weighted by Gasteiger charge is 2.27. The molecule has 1 N–H and O–H groups in total. The smallest absolute Gasteiger partial charge is 0.413 e. The molecule has 3 heterocycles. The fourth-order valence-electron chi connectivity index (χ4n) is 3.30. The number of hydrogen-bond donors (Lipinski definition) is 1. The van der Waals surface area contributed by atoms with Crippen LogP contribution in [0.4, 0.5) is 9.93 Å². The molecule has 0 saturated heterocycles. The zero-order chi connectivity index (χ0) is 20.4. The predicted octanol–water partition coefficient (Wildman–Crippen LogP) is 3.40. The van der Waals surface area contributed by atoms with E-state index in [0.717, 1.165) is 22.0 Å². The summed E-state index contributed by atoms with van der Waals surface area (Å²) in [5.41, 5.74) is 3.23. The van der Waals surface area contributed by atoms with Gasteiger partial charge in [-0.2, -0.15) is 5.10 Å². The second-order valence-corrected chi connectivity index (χ2v) is 7.69. The molecule has 2 amide bonds. The molecule has 4 rings (SSSR count). The first-order valence-electron chi connectivity index (χ1n) is 9.38. The Balaban J connectivity index is 1.50. The maximum atomic E-state index is 13.1. The monoisotopic (exact) mass is 411 g/mol. The van der Waals surface area contributed by atoms with Gasteiger partial charge in [0.15, 0.2) is 5.13 Å². The number of hydrogen-bond acceptors (Lipinski definition) is 6. The van der Waals surface area contributed by atoms with Crippen LogP contribution < -0.4 is 5.32 Å². The molecule has 2 aromatic heterocycles. The van der Waals surface area contributed by atoms with Crippen LogP contribution in [-0.2, 0) is 17.7 Å². The fourth-order valence-corrected chi connectivity index (χ4v) is 4.31. The second-order valence-electron chi connectivity index (χ2n) is 6.60. The summed E-state index contributed by atoms with van der Waals surface area (Å²) < 4.78 is 6.66. The van der Waals surface area contributed by atoms with E-state index < -0.39 is 6.09 Å². The number of fused-ring (bicyclic) bond motifs is 1. The summed E-state index contributed by atoms with van der Waals surface area (Å²) in [6.07, 6.45) is 1.75. The van der Waals surface area contributed by atoms with Crippen molar-refractivity contribution in [3.05, 3.63) is 58.4 Å². The summed E-state index contributed by atoms with van der Waals surface area (Å²) in [6, 6.07) is 9.74. The van der Waals surface area contributed by atoms with Gasteiger partial charge in [0.05, 0.1) is 42.0 Å². The van der Waals surface area contributed by atoms with Crippen molar-refractivity contribution in [2.45, 2.75) is 26.8 Å². The minimum atomic E-state index is -0.518. The molecule has 0 spiro atoms. The molecule has 0 atom stereocenters. The van der Waals surface area contributed by atoms with Crippen molar-refractivity contribution in [3.8, 4) is 5.69 Å². The minimum absolute atomic E-state index is 0.0522. The Hall–Kier alpha value is -3.20. The highest BCUT2D eigenvalue weighted by Crippen LogP contribution is 2.29.